The van der Waals surface area contributed by atoms with E-state index in [2.05, 4.69) is 31.1 Å². The molecule has 0 saturated carbocycles. The van der Waals surface area contributed by atoms with E-state index in [4.69, 9.17) is 32.7 Å². The Hall–Kier alpha value is -2.93. The Bertz CT molecular complexity index is 1870. The van der Waals surface area contributed by atoms with Crippen LogP contribution in [0.5, 0.6) is 0 Å². The second-order valence-electron chi connectivity index (χ2n) is 13.2. The minimum absolute atomic E-state index is 0. The Morgan fingerprint density at radius 3 is 1.68 bits per heavy atom. The minimum Gasteiger partial charge on any atom is -0.376 e. The van der Waals surface area contributed by atoms with Gasteiger partial charge in [-0.15, -0.1) is 11.6 Å². The first-order chi connectivity index (χ1) is 27.0. The van der Waals surface area contributed by atoms with Gasteiger partial charge in [0.15, 0.2) is 0 Å². The van der Waals surface area contributed by atoms with Gasteiger partial charge in [0.05, 0.1) is 39.6 Å². The van der Waals surface area contributed by atoms with Gasteiger partial charge in [-0.2, -0.15) is 6.07 Å². The van der Waals surface area contributed by atoms with E-state index in [1.54, 1.807) is 0 Å². The van der Waals surface area contributed by atoms with Crippen molar-refractivity contribution >= 4 is 24.5 Å². The SMILES string of the molecule is O[C@@]1([C-]=C(CCOP)c2[c-]c(COP)ccc2)O[C@H](COCc2ccccc2)[C@@H](OCc2ccccc2)[C@H](OCc2ccccc2)[C@H]1OCc1ccccc1.[W+2]. The molecule has 292 valence electrons. The summed E-state index contributed by atoms with van der Waals surface area (Å²) >= 11 is 0. The van der Waals surface area contributed by atoms with E-state index in [9.17, 15) is 5.11 Å². The van der Waals surface area contributed by atoms with E-state index in [1.807, 2.05) is 140 Å². The third-order valence-electron chi connectivity index (χ3n) is 9.16. The normalized spacial score (nSPS) is 21.0. The van der Waals surface area contributed by atoms with E-state index < -0.39 is 30.2 Å². The van der Waals surface area contributed by atoms with E-state index >= 15 is 0 Å². The van der Waals surface area contributed by atoms with Crippen molar-refractivity contribution in [1.29, 1.82) is 0 Å². The van der Waals surface area contributed by atoms with Crippen LogP contribution in [0.15, 0.2) is 140 Å². The number of ether oxygens (including phenoxy) is 5. The zero-order valence-corrected chi connectivity index (χ0v) is 36.4. The summed E-state index contributed by atoms with van der Waals surface area (Å²) in [5.41, 5.74) is 6.02. The van der Waals surface area contributed by atoms with Crippen LogP contribution in [0, 0.1) is 12.1 Å². The summed E-state index contributed by atoms with van der Waals surface area (Å²) in [4.78, 5) is 0. The second-order valence-corrected chi connectivity index (χ2v) is 13.9. The molecule has 2 unspecified atom stereocenters. The molecule has 5 aromatic carbocycles. The number of aliphatic hydroxyl groups is 1. The Morgan fingerprint density at radius 2 is 1.14 bits per heavy atom. The van der Waals surface area contributed by atoms with Crippen LogP contribution in [-0.4, -0.2) is 48.5 Å². The minimum atomic E-state index is -2.14. The monoisotopic (exact) mass is 962 g/mol. The van der Waals surface area contributed by atoms with Crippen molar-refractivity contribution in [3.8, 4) is 0 Å². The molecule has 0 aliphatic carbocycles. The van der Waals surface area contributed by atoms with Crippen LogP contribution in [0.1, 0.15) is 39.8 Å². The zero-order valence-electron chi connectivity index (χ0n) is 31.1. The van der Waals surface area contributed by atoms with Crippen LogP contribution in [0.4, 0.5) is 0 Å². The fourth-order valence-corrected chi connectivity index (χ4v) is 6.76. The standard InChI is InChI=1S/C45H48O8P2.W/c46-45(27-40(24-25-51-54)39-23-13-22-38(26-39)32-52-55)44(50-31-37-20-11-4-12-21-37)43(49-30-36-18-9-3-10-19-36)42(48-29-35-16-7-2-8-17-35)41(53-45)33-47-28-34-14-5-1-6-15-34;/h1-23,41-44,46H,24-25,28-33,54-55H2;/q-2;+2/t41-,42-,43+,44-,45+;/m1./s1. The molecule has 11 heteroatoms. The summed E-state index contributed by atoms with van der Waals surface area (Å²) in [7, 11) is 4.56. The van der Waals surface area contributed by atoms with Crippen molar-refractivity contribution in [2.24, 2.45) is 0 Å². The third kappa shape index (κ3) is 13.0. The van der Waals surface area contributed by atoms with Gasteiger partial charge in [0, 0.05) is 25.5 Å². The van der Waals surface area contributed by atoms with Crippen molar-refractivity contribution in [1.82, 2.24) is 0 Å². The summed E-state index contributed by atoms with van der Waals surface area (Å²) in [6.07, 6.45) is 0.280. The van der Waals surface area contributed by atoms with Gasteiger partial charge in [0.25, 0.3) is 0 Å². The quantitative estimate of drug-likeness (QED) is 0.0618. The maximum Gasteiger partial charge on any atom is 2.00 e. The maximum absolute atomic E-state index is 13.0. The average Bonchev–Trinajstić information content (AvgIpc) is 3.22. The zero-order chi connectivity index (χ0) is 38.1. The molecule has 0 spiro atoms. The first-order valence-electron chi connectivity index (χ1n) is 18.3. The first kappa shape index (κ1) is 44.2. The van der Waals surface area contributed by atoms with Crippen molar-refractivity contribution in [3.63, 3.8) is 0 Å². The number of hydrogen-bond acceptors (Lipinski definition) is 8. The number of hydrogen-bond donors (Lipinski definition) is 1. The van der Waals surface area contributed by atoms with Gasteiger partial charge in [0.1, 0.15) is 30.2 Å². The summed E-state index contributed by atoms with van der Waals surface area (Å²) in [5.74, 6) is -2.14. The van der Waals surface area contributed by atoms with Crippen LogP contribution in [0.25, 0.3) is 5.57 Å². The predicted molar refractivity (Wildman–Crippen MR) is 218 cm³/mol. The van der Waals surface area contributed by atoms with Crippen LogP contribution < -0.4 is 0 Å². The topological polar surface area (TPSA) is 84.8 Å². The fraction of sp³-hybridized carbons (Fsp3) is 0.289. The molecule has 0 bridgehead atoms. The molecule has 0 aromatic heterocycles. The molecule has 0 radical (unpaired) electrons. The summed E-state index contributed by atoms with van der Waals surface area (Å²) in [6, 6.07) is 48.7. The molecule has 5 aromatic rings. The van der Waals surface area contributed by atoms with Gasteiger partial charge in [0.2, 0.25) is 0 Å². The Balaban J connectivity index is 0.00000600. The smallest absolute Gasteiger partial charge is 0.376 e. The number of benzene rings is 5. The van der Waals surface area contributed by atoms with E-state index in [-0.39, 0.29) is 47.5 Å². The van der Waals surface area contributed by atoms with Crippen molar-refractivity contribution in [2.45, 2.75) is 69.7 Å². The van der Waals surface area contributed by atoms with Gasteiger partial charge in [-0.25, -0.2) is 12.1 Å². The maximum atomic E-state index is 13.0. The Morgan fingerprint density at radius 1 is 0.625 bits per heavy atom. The van der Waals surface area contributed by atoms with E-state index in [0.29, 0.717) is 37.4 Å². The van der Waals surface area contributed by atoms with Gasteiger partial charge in [-0.3, -0.25) is 11.6 Å². The summed E-state index contributed by atoms with van der Waals surface area (Å²) < 4.78 is 44.2. The van der Waals surface area contributed by atoms with Crippen molar-refractivity contribution in [3.05, 3.63) is 185 Å². The third-order valence-corrected chi connectivity index (χ3v) is 9.56. The van der Waals surface area contributed by atoms with Crippen molar-refractivity contribution < 1.29 is 58.9 Å². The van der Waals surface area contributed by atoms with Crippen LogP contribution in [-0.2, 0) is 86.8 Å². The molecular formula is C45H48O8P2W. The number of rotatable bonds is 20. The molecule has 56 heavy (non-hydrogen) atoms. The average molecular weight is 963 g/mol. The molecule has 7 atom stereocenters. The van der Waals surface area contributed by atoms with Crippen LogP contribution in [0.2, 0.25) is 0 Å². The first-order valence-corrected chi connectivity index (χ1v) is 19.3. The molecule has 1 aliphatic rings. The van der Waals surface area contributed by atoms with Gasteiger partial charge >= 0.3 is 21.1 Å². The molecule has 1 aliphatic heterocycles. The van der Waals surface area contributed by atoms with Crippen LogP contribution in [0.3, 0.4) is 0 Å². The second kappa shape index (κ2) is 23.5. The summed E-state index contributed by atoms with van der Waals surface area (Å²) in [5, 5.41) is 13.0. The molecule has 0 amide bonds. The molecule has 1 heterocycles. The van der Waals surface area contributed by atoms with Gasteiger partial charge < -0.3 is 43.4 Å². The molecule has 8 nitrogen and oxygen atoms in total. The molecule has 1 N–H and O–H groups in total. The fourth-order valence-electron chi connectivity index (χ4n) is 6.46. The Labute approximate surface area is 349 Å². The largest absolute Gasteiger partial charge is 2.00 e. The molecular weight excluding hydrogens is 914 g/mol. The van der Waals surface area contributed by atoms with Gasteiger partial charge in [-0.05, 0) is 22.3 Å². The van der Waals surface area contributed by atoms with Crippen molar-refractivity contribution in [2.75, 3.05) is 13.2 Å². The van der Waals surface area contributed by atoms with Crippen LogP contribution >= 0.6 is 18.9 Å². The molecule has 1 saturated heterocycles. The predicted octanol–water partition coefficient (Wildman–Crippen LogP) is 8.23. The van der Waals surface area contributed by atoms with E-state index in [0.717, 1.165) is 27.8 Å². The summed E-state index contributed by atoms with van der Waals surface area (Å²) in [6.45, 7) is 1.77. The Kier molecular flexibility index (Phi) is 18.5. The molecule has 6 rings (SSSR count). The molecule has 1 fully saturated rings. The van der Waals surface area contributed by atoms with E-state index in [1.165, 1.54) is 0 Å². The van der Waals surface area contributed by atoms with Gasteiger partial charge in [-0.1, -0.05) is 128 Å².